The molecular weight excluding hydrogens is 401 g/mol. The molecule has 0 radical (unpaired) electrons. The molecule has 1 aromatic carbocycles. The van der Waals surface area contributed by atoms with Crippen LogP contribution < -0.4 is 10.1 Å². The van der Waals surface area contributed by atoms with Crippen molar-refractivity contribution in [3.05, 3.63) is 47.9 Å². The van der Waals surface area contributed by atoms with E-state index in [0.717, 1.165) is 31.3 Å². The molecular formula is C23H28FN3O4. The van der Waals surface area contributed by atoms with E-state index < -0.39 is 11.7 Å². The first-order chi connectivity index (χ1) is 14.7. The van der Waals surface area contributed by atoms with E-state index in [-0.39, 0.29) is 24.6 Å². The second-order valence-corrected chi connectivity index (χ2v) is 8.46. The van der Waals surface area contributed by atoms with Crippen LogP contribution in [0.5, 0.6) is 5.75 Å². The van der Waals surface area contributed by atoms with Crippen LogP contribution in [0.2, 0.25) is 0 Å². The van der Waals surface area contributed by atoms with Crippen molar-refractivity contribution in [2.24, 2.45) is 0 Å². The normalized spacial score (nSPS) is 14.6. The van der Waals surface area contributed by atoms with Crippen molar-refractivity contribution in [1.29, 1.82) is 0 Å². The van der Waals surface area contributed by atoms with E-state index in [1.807, 2.05) is 11.0 Å². The van der Waals surface area contributed by atoms with Gasteiger partial charge in [-0.2, -0.15) is 0 Å². The van der Waals surface area contributed by atoms with Gasteiger partial charge in [0.05, 0.1) is 11.8 Å². The summed E-state index contributed by atoms with van der Waals surface area (Å²) in [7, 11) is 0. The Balaban J connectivity index is 1.58. The van der Waals surface area contributed by atoms with E-state index in [1.165, 1.54) is 0 Å². The number of carbonyl (C=O) groups is 2. The molecule has 1 fully saturated rings. The van der Waals surface area contributed by atoms with Gasteiger partial charge >= 0.3 is 6.09 Å². The van der Waals surface area contributed by atoms with Gasteiger partial charge in [-0.1, -0.05) is 6.07 Å². The third-order valence-corrected chi connectivity index (χ3v) is 4.71. The SMILES string of the molecule is CC(C)(C)OC(=O)NC/C(=C\F)COc1ccc2nc(C(=O)N3CCCC3)ccc2c1. The van der Waals surface area contributed by atoms with E-state index in [1.54, 1.807) is 45.0 Å². The topological polar surface area (TPSA) is 80.8 Å². The molecule has 8 heteroatoms. The van der Waals surface area contributed by atoms with Crippen LogP contribution in [0.25, 0.3) is 10.9 Å². The van der Waals surface area contributed by atoms with Crippen LogP contribution in [0.1, 0.15) is 44.1 Å². The summed E-state index contributed by atoms with van der Waals surface area (Å²) in [6.45, 7) is 6.75. The highest BCUT2D eigenvalue weighted by Crippen LogP contribution is 2.21. The first kappa shape index (κ1) is 22.5. The zero-order chi connectivity index (χ0) is 22.4. The lowest BCUT2D eigenvalue weighted by Gasteiger charge is -2.20. The van der Waals surface area contributed by atoms with E-state index in [2.05, 4.69) is 10.3 Å². The highest BCUT2D eigenvalue weighted by molar-refractivity contribution is 5.95. The van der Waals surface area contributed by atoms with Crippen LogP contribution in [0, 0.1) is 0 Å². The Hall–Kier alpha value is -3.16. The molecule has 3 rings (SSSR count). The van der Waals surface area contributed by atoms with Gasteiger partial charge in [-0.3, -0.25) is 4.79 Å². The Kier molecular flexibility index (Phi) is 7.09. The van der Waals surface area contributed by atoms with Gasteiger partial charge in [0.1, 0.15) is 23.7 Å². The predicted molar refractivity (Wildman–Crippen MR) is 116 cm³/mol. The maximum atomic E-state index is 13.2. The summed E-state index contributed by atoms with van der Waals surface area (Å²) in [5.41, 5.74) is 0.748. The zero-order valence-electron chi connectivity index (χ0n) is 18.1. The number of pyridine rings is 1. The Morgan fingerprint density at radius 3 is 2.61 bits per heavy atom. The van der Waals surface area contributed by atoms with Gasteiger partial charge in [-0.05, 0) is 57.9 Å². The smallest absolute Gasteiger partial charge is 0.407 e. The second kappa shape index (κ2) is 9.76. The third-order valence-electron chi connectivity index (χ3n) is 4.71. The zero-order valence-corrected chi connectivity index (χ0v) is 18.1. The minimum Gasteiger partial charge on any atom is -0.489 e. The number of hydrogen-bond donors (Lipinski definition) is 1. The minimum absolute atomic E-state index is 0.0253. The third kappa shape index (κ3) is 6.41. The van der Waals surface area contributed by atoms with Crippen molar-refractivity contribution in [1.82, 2.24) is 15.2 Å². The fourth-order valence-electron chi connectivity index (χ4n) is 3.19. The number of carbonyl (C=O) groups excluding carboxylic acids is 2. The number of likely N-dealkylation sites (tertiary alicyclic amines) is 1. The lowest BCUT2D eigenvalue weighted by atomic mass is 10.2. The number of aromatic nitrogens is 1. The molecule has 1 saturated heterocycles. The molecule has 1 aliphatic rings. The van der Waals surface area contributed by atoms with Gasteiger partial charge in [0, 0.05) is 30.6 Å². The van der Waals surface area contributed by atoms with Crippen LogP contribution in [-0.2, 0) is 4.74 Å². The largest absolute Gasteiger partial charge is 0.489 e. The first-order valence-electron chi connectivity index (χ1n) is 10.3. The maximum absolute atomic E-state index is 13.2. The number of alkyl carbamates (subject to hydrolysis) is 1. The van der Waals surface area contributed by atoms with Crippen LogP contribution in [0.3, 0.4) is 0 Å². The van der Waals surface area contributed by atoms with E-state index >= 15 is 0 Å². The average Bonchev–Trinajstić information content (AvgIpc) is 3.26. The predicted octanol–water partition coefficient (Wildman–Crippen LogP) is 4.23. The van der Waals surface area contributed by atoms with Crippen molar-refractivity contribution in [2.45, 2.75) is 39.2 Å². The molecule has 7 nitrogen and oxygen atoms in total. The molecule has 1 aromatic heterocycles. The van der Waals surface area contributed by atoms with Crippen molar-refractivity contribution < 1.29 is 23.5 Å². The van der Waals surface area contributed by atoms with Gasteiger partial charge < -0.3 is 19.7 Å². The summed E-state index contributed by atoms with van der Waals surface area (Å²) in [5.74, 6) is 0.486. The molecule has 166 valence electrons. The number of nitrogens with one attached hydrogen (secondary N) is 1. The standard InChI is InChI=1S/C23H28FN3O4/c1-23(2,3)31-22(29)25-14-16(13-24)15-30-18-7-9-19-17(12-18)6-8-20(26-19)21(28)27-10-4-5-11-27/h6-9,12-13H,4-5,10-11,14-15H2,1-3H3,(H,25,29)/b16-13+. The van der Waals surface area contributed by atoms with Crippen molar-refractivity contribution in [3.63, 3.8) is 0 Å². The molecule has 0 unspecified atom stereocenters. The Morgan fingerprint density at radius 2 is 1.94 bits per heavy atom. The Labute approximate surface area is 181 Å². The Morgan fingerprint density at radius 1 is 1.19 bits per heavy atom. The van der Waals surface area contributed by atoms with Crippen molar-refractivity contribution in [3.8, 4) is 5.75 Å². The van der Waals surface area contributed by atoms with E-state index in [4.69, 9.17) is 9.47 Å². The summed E-state index contributed by atoms with van der Waals surface area (Å²) >= 11 is 0. The molecule has 0 aliphatic carbocycles. The molecule has 0 spiro atoms. The fraction of sp³-hybridized carbons (Fsp3) is 0.435. The van der Waals surface area contributed by atoms with Gasteiger partial charge in [-0.25, -0.2) is 14.2 Å². The number of hydrogen-bond acceptors (Lipinski definition) is 5. The number of halogens is 1. The molecule has 2 amide bonds. The van der Waals surface area contributed by atoms with Crippen LogP contribution in [0.15, 0.2) is 42.2 Å². The highest BCUT2D eigenvalue weighted by Gasteiger charge is 2.20. The summed E-state index contributed by atoms with van der Waals surface area (Å²) in [5, 5.41) is 3.31. The highest BCUT2D eigenvalue weighted by atomic mass is 19.1. The Bertz CT molecular complexity index is 978. The summed E-state index contributed by atoms with van der Waals surface area (Å²) in [4.78, 5) is 30.5. The number of amides is 2. The monoisotopic (exact) mass is 429 g/mol. The molecule has 31 heavy (non-hydrogen) atoms. The summed E-state index contributed by atoms with van der Waals surface area (Å²) in [6, 6.07) is 8.81. The van der Waals surface area contributed by atoms with Gasteiger partial charge in [0.2, 0.25) is 0 Å². The quantitative estimate of drug-likeness (QED) is 0.743. The molecule has 0 saturated carbocycles. The molecule has 1 aliphatic heterocycles. The number of fused-ring (bicyclic) bond motifs is 1. The van der Waals surface area contributed by atoms with Crippen molar-refractivity contribution >= 4 is 22.9 Å². The lowest BCUT2D eigenvalue weighted by Crippen LogP contribution is -2.34. The van der Waals surface area contributed by atoms with Gasteiger partial charge in [0.15, 0.2) is 0 Å². The van der Waals surface area contributed by atoms with Crippen LogP contribution in [-0.4, -0.2) is 53.7 Å². The van der Waals surface area contributed by atoms with Crippen molar-refractivity contribution in [2.75, 3.05) is 26.2 Å². The van der Waals surface area contributed by atoms with Crippen LogP contribution in [0.4, 0.5) is 9.18 Å². The molecule has 0 atom stereocenters. The molecule has 2 aromatic rings. The minimum atomic E-state index is -0.627. The molecule has 0 bridgehead atoms. The van der Waals surface area contributed by atoms with Crippen LogP contribution >= 0.6 is 0 Å². The fourth-order valence-corrected chi connectivity index (χ4v) is 3.19. The maximum Gasteiger partial charge on any atom is 0.407 e. The molecule has 1 N–H and O–H groups in total. The average molecular weight is 429 g/mol. The van der Waals surface area contributed by atoms with Gasteiger partial charge in [-0.15, -0.1) is 0 Å². The van der Waals surface area contributed by atoms with Gasteiger partial charge in [0.25, 0.3) is 5.91 Å². The molecule has 2 heterocycles. The number of nitrogens with zero attached hydrogens (tertiary/aromatic N) is 2. The lowest BCUT2D eigenvalue weighted by molar-refractivity contribution is 0.0531. The summed E-state index contributed by atoms with van der Waals surface area (Å²) < 4.78 is 24.0. The number of benzene rings is 1. The number of ether oxygens (including phenoxy) is 2. The summed E-state index contributed by atoms with van der Waals surface area (Å²) in [6.07, 6.45) is 1.85. The van der Waals surface area contributed by atoms with E-state index in [0.29, 0.717) is 23.3 Å². The first-order valence-corrected chi connectivity index (χ1v) is 10.3. The number of rotatable bonds is 6. The van der Waals surface area contributed by atoms with E-state index in [9.17, 15) is 14.0 Å². The second-order valence-electron chi connectivity index (χ2n) is 8.46.